The molecule has 1 aliphatic carbocycles. The number of nitrogens with one attached hydrogen (secondary N) is 1. The second-order valence-electron chi connectivity index (χ2n) is 9.86. The van der Waals surface area contributed by atoms with Crippen LogP contribution < -0.4 is 5.32 Å². The summed E-state index contributed by atoms with van der Waals surface area (Å²) in [5, 5.41) is 8.55. The fraction of sp³-hybridized carbons (Fsp3) is 0.444. The minimum atomic E-state index is -1.10. The lowest BCUT2D eigenvalue weighted by Gasteiger charge is -2.44. The van der Waals surface area contributed by atoms with Gasteiger partial charge in [-0.25, -0.2) is 0 Å². The molecule has 0 spiro atoms. The average Bonchev–Trinajstić information content (AvgIpc) is 3.49. The van der Waals surface area contributed by atoms with Crippen LogP contribution in [0.15, 0.2) is 53.1 Å². The number of furan rings is 1. The number of benzene rings is 1. The Labute approximate surface area is 210 Å². The molecule has 5 rings (SSSR count). The molecule has 0 bridgehead atoms. The number of hydrogen-bond acceptors (Lipinski definition) is 4. The normalized spacial score (nSPS) is 21.3. The van der Waals surface area contributed by atoms with Crippen LogP contribution in [0.2, 0.25) is 5.02 Å². The third-order valence-electron chi connectivity index (χ3n) is 7.25. The van der Waals surface area contributed by atoms with Gasteiger partial charge in [0, 0.05) is 23.7 Å². The maximum atomic E-state index is 13.8. The summed E-state index contributed by atoms with van der Waals surface area (Å²) in [6.45, 7) is 2.41. The van der Waals surface area contributed by atoms with Gasteiger partial charge in [0.2, 0.25) is 5.91 Å². The van der Waals surface area contributed by atoms with Crippen LogP contribution in [-0.2, 0) is 17.9 Å². The number of carbonyl (C=O) groups excluding carboxylic acids is 2. The van der Waals surface area contributed by atoms with E-state index < -0.39 is 5.54 Å². The number of amides is 2. The van der Waals surface area contributed by atoms with E-state index in [4.69, 9.17) is 16.0 Å². The molecule has 2 amide bonds. The van der Waals surface area contributed by atoms with Crippen molar-refractivity contribution < 1.29 is 14.0 Å². The molecule has 1 saturated carbocycles. The molecule has 1 fully saturated rings. The minimum Gasteiger partial charge on any atom is -0.463 e. The Kier molecular flexibility index (Phi) is 6.69. The number of aromatic nitrogens is 2. The monoisotopic (exact) mass is 494 g/mol. The van der Waals surface area contributed by atoms with Gasteiger partial charge in [-0.05, 0) is 49.6 Å². The summed E-state index contributed by atoms with van der Waals surface area (Å²) in [7, 11) is 0. The average molecular weight is 495 g/mol. The van der Waals surface area contributed by atoms with E-state index >= 15 is 0 Å². The number of carbonyl (C=O) groups is 2. The van der Waals surface area contributed by atoms with Gasteiger partial charge in [-0.3, -0.25) is 14.3 Å². The van der Waals surface area contributed by atoms with Crippen LogP contribution in [0.4, 0.5) is 0 Å². The van der Waals surface area contributed by atoms with Gasteiger partial charge >= 0.3 is 0 Å². The fourth-order valence-electron chi connectivity index (χ4n) is 5.15. The molecule has 1 atom stereocenters. The second kappa shape index (κ2) is 9.90. The van der Waals surface area contributed by atoms with E-state index in [0.717, 1.165) is 31.2 Å². The lowest BCUT2D eigenvalue weighted by Crippen LogP contribution is -2.64. The first-order valence-electron chi connectivity index (χ1n) is 12.4. The first-order chi connectivity index (χ1) is 16.9. The summed E-state index contributed by atoms with van der Waals surface area (Å²) in [4.78, 5) is 29.3. The quantitative estimate of drug-likeness (QED) is 0.512. The zero-order valence-corrected chi connectivity index (χ0v) is 20.8. The third-order valence-corrected chi connectivity index (χ3v) is 7.51. The van der Waals surface area contributed by atoms with Crippen LogP contribution >= 0.6 is 11.6 Å². The van der Waals surface area contributed by atoms with Gasteiger partial charge in [0.05, 0.1) is 12.8 Å². The molecular formula is C27H31ClN4O3. The molecule has 1 aromatic carbocycles. The Morgan fingerprint density at radius 2 is 1.86 bits per heavy atom. The lowest BCUT2D eigenvalue weighted by atomic mass is 9.92. The van der Waals surface area contributed by atoms with Crippen molar-refractivity contribution in [3.8, 4) is 11.5 Å². The smallest absolute Gasteiger partial charge is 0.273 e. The number of rotatable bonds is 5. The number of nitrogens with zero attached hydrogens (tertiary/aromatic N) is 3. The predicted molar refractivity (Wildman–Crippen MR) is 134 cm³/mol. The summed E-state index contributed by atoms with van der Waals surface area (Å²) in [5.41, 5.74) is 0.835. The van der Waals surface area contributed by atoms with Crippen LogP contribution in [-0.4, -0.2) is 38.1 Å². The molecule has 1 aliphatic heterocycles. The van der Waals surface area contributed by atoms with E-state index in [9.17, 15) is 9.59 Å². The van der Waals surface area contributed by atoms with Crippen LogP contribution in [0.3, 0.4) is 0 Å². The van der Waals surface area contributed by atoms with E-state index in [1.807, 2.05) is 25.1 Å². The number of hydrogen-bond donors (Lipinski definition) is 1. The highest BCUT2D eigenvalue weighted by Gasteiger charge is 2.48. The molecule has 3 heterocycles. The first-order valence-corrected chi connectivity index (χ1v) is 12.8. The minimum absolute atomic E-state index is 0.129. The van der Waals surface area contributed by atoms with Crippen molar-refractivity contribution in [3.63, 3.8) is 0 Å². The summed E-state index contributed by atoms with van der Waals surface area (Å²) in [5.74, 6) is 0.225. The van der Waals surface area contributed by atoms with E-state index in [-0.39, 0.29) is 24.4 Å². The summed E-state index contributed by atoms with van der Waals surface area (Å²) in [6, 6.07) is 12.9. The number of fused-ring (bicyclic) bond motifs is 1. The standard InChI is InChI=1S/C27H31ClN4O3/c1-27(26(34)29-21-8-5-3-2-4-6-9-21)18-32-23(16-22(30-32)24-10-7-15-35-24)25(33)31(27)17-19-11-13-20(28)14-12-19/h7,10-16,21H,2-6,8-9,17-18H2,1H3,(H,29,34)/t27-/m1/s1. The van der Waals surface area contributed by atoms with Gasteiger partial charge in [-0.1, -0.05) is 55.8 Å². The zero-order chi connectivity index (χ0) is 24.4. The van der Waals surface area contributed by atoms with Crippen LogP contribution in [0, 0.1) is 0 Å². The summed E-state index contributed by atoms with van der Waals surface area (Å²) in [6.07, 6.45) is 9.44. The van der Waals surface area contributed by atoms with Crippen molar-refractivity contribution in [2.24, 2.45) is 0 Å². The highest BCUT2D eigenvalue weighted by molar-refractivity contribution is 6.30. The Hall–Kier alpha value is -3.06. The molecule has 2 aromatic heterocycles. The van der Waals surface area contributed by atoms with Gasteiger partial charge in [-0.2, -0.15) is 5.10 Å². The van der Waals surface area contributed by atoms with Crippen molar-refractivity contribution in [3.05, 3.63) is 65.0 Å². The highest BCUT2D eigenvalue weighted by atomic mass is 35.5. The van der Waals surface area contributed by atoms with E-state index in [1.54, 1.807) is 40.1 Å². The molecule has 184 valence electrons. The Morgan fingerprint density at radius 3 is 2.54 bits per heavy atom. The number of halogens is 1. The first kappa shape index (κ1) is 23.7. The van der Waals surface area contributed by atoms with Crippen molar-refractivity contribution in [2.75, 3.05) is 0 Å². The molecule has 2 aliphatic rings. The highest BCUT2D eigenvalue weighted by Crippen LogP contribution is 2.32. The van der Waals surface area contributed by atoms with Gasteiger partial charge in [-0.15, -0.1) is 0 Å². The fourth-order valence-corrected chi connectivity index (χ4v) is 5.27. The third kappa shape index (κ3) is 4.87. The van der Waals surface area contributed by atoms with Crippen LogP contribution in [0.5, 0.6) is 0 Å². The SMILES string of the molecule is C[C@]1(C(=O)NC2CCCCCCC2)Cn2nc(-c3ccco3)cc2C(=O)N1Cc1ccc(Cl)cc1. The van der Waals surface area contributed by atoms with Crippen molar-refractivity contribution in [2.45, 2.75) is 76.5 Å². The van der Waals surface area contributed by atoms with Crippen molar-refractivity contribution in [1.29, 1.82) is 0 Å². The largest absolute Gasteiger partial charge is 0.463 e. The molecule has 7 nitrogen and oxygen atoms in total. The van der Waals surface area contributed by atoms with Crippen LogP contribution in [0.1, 0.15) is 67.9 Å². The molecule has 3 aromatic rings. The summed E-state index contributed by atoms with van der Waals surface area (Å²) < 4.78 is 7.14. The molecular weight excluding hydrogens is 464 g/mol. The lowest BCUT2D eigenvalue weighted by molar-refractivity contribution is -0.134. The van der Waals surface area contributed by atoms with Crippen molar-refractivity contribution >= 4 is 23.4 Å². The summed E-state index contributed by atoms with van der Waals surface area (Å²) >= 11 is 6.08. The maximum absolute atomic E-state index is 13.8. The molecule has 35 heavy (non-hydrogen) atoms. The van der Waals surface area contributed by atoms with Gasteiger partial charge in [0.25, 0.3) is 5.91 Å². The Morgan fingerprint density at radius 1 is 1.14 bits per heavy atom. The molecule has 0 saturated heterocycles. The predicted octanol–water partition coefficient (Wildman–Crippen LogP) is 5.44. The van der Waals surface area contributed by atoms with E-state index in [2.05, 4.69) is 10.4 Å². The molecule has 0 unspecified atom stereocenters. The maximum Gasteiger partial charge on any atom is 0.273 e. The Bertz CT molecular complexity index is 1180. The zero-order valence-electron chi connectivity index (χ0n) is 20.0. The van der Waals surface area contributed by atoms with Gasteiger partial charge in [0.15, 0.2) is 5.76 Å². The van der Waals surface area contributed by atoms with Crippen LogP contribution in [0.25, 0.3) is 11.5 Å². The molecule has 0 radical (unpaired) electrons. The second-order valence-corrected chi connectivity index (χ2v) is 10.3. The van der Waals surface area contributed by atoms with Crippen molar-refractivity contribution in [1.82, 2.24) is 20.0 Å². The molecule has 1 N–H and O–H groups in total. The van der Waals surface area contributed by atoms with E-state index in [1.165, 1.54) is 19.3 Å². The molecule has 8 heteroatoms. The van der Waals surface area contributed by atoms with Gasteiger partial charge in [0.1, 0.15) is 16.9 Å². The topological polar surface area (TPSA) is 80.4 Å². The Balaban J connectivity index is 1.47. The van der Waals surface area contributed by atoms with E-state index in [0.29, 0.717) is 28.7 Å². The van der Waals surface area contributed by atoms with Gasteiger partial charge < -0.3 is 14.6 Å².